The number of rotatable bonds is 3. The van der Waals surface area contributed by atoms with Crippen molar-refractivity contribution in [3.8, 4) is 0 Å². The van der Waals surface area contributed by atoms with Crippen molar-refractivity contribution in [2.24, 2.45) is 5.92 Å². The molecule has 4 nitrogen and oxygen atoms in total. The van der Waals surface area contributed by atoms with E-state index in [4.69, 9.17) is 0 Å². The molecule has 138 valence electrons. The summed E-state index contributed by atoms with van der Waals surface area (Å²) in [6.07, 6.45) is -1.12. The molecule has 1 saturated heterocycles. The number of halogens is 3. The number of hydrogen-bond acceptors (Lipinski definition) is 3. The zero-order valence-electron chi connectivity index (χ0n) is 14.4. The number of pyridine rings is 1. The highest BCUT2D eigenvalue weighted by atomic mass is 19.4. The SMILES string of the molecule is CC1CCN(C(=O)c2ccnc(Nc3ccccc3C(F)(F)F)c2)CC1. The fraction of sp³-hybridized carbons (Fsp3) is 0.368. The zero-order valence-corrected chi connectivity index (χ0v) is 14.4. The fourth-order valence-electron chi connectivity index (χ4n) is 3.00. The minimum atomic E-state index is -4.47. The molecule has 1 aromatic heterocycles. The first-order chi connectivity index (χ1) is 12.3. The van der Waals surface area contributed by atoms with Crippen molar-refractivity contribution in [2.75, 3.05) is 18.4 Å². The van der Waals surface area contributed by atoms with Crippen LogP contribution in [0.15, 0.2) is 42.6 Å². The maximum Gasteiger partial charge on any atom is 0.418 e. The van der Waals surface area contributed by atoms with Crippen LogP contribution in [0.2, 0.25) is 0 Å². The summed E-state index contributed by atoms with van der Waals surface area (Å²) in [5, 5.41) is 2.68. The quantitative estimate of drug-likeness (QED) is 0.859. The number of likely N-dealkylation sites (tertiary alicyclic amines) is 1. The Balaban J connectivity index is 1.79. The minimum Gasteiger partial charge on any atom is -0.340 e. The number of amides is 1. The topological polar surface area (TPSA) is 45.2 Å². The van der Waals surface area contributed by atoms with E-state index in [1.165, 1.54) is 30.5 Å². The van der Waals surface area contributed by atoms with E-state index in [1.807, 2.05) is 0 Å². The Hall–Kier alpha value is -2.57. The van der Waals surface area contributed by atoms with Gasteiger partial charge < -0.3 is 10.2 Å². The molecule has 26 heavy (non-hydrogen) atoms. The van der Waals surface area contributed by atoms with E-state index >= 15 is 0 Å². The van der Waals surface area contributed by atoms with Crippen LogP contribution in [-0.4, -0.2) is 28.9 Å². The Morgan fingerprint density at radius 1 is 1.19 bits per heavy atom. The van der Waals surface area contributed by atoms with Crippen LogP contribution in [0.25, 0.3) is 0 Å². The van der Waals surface area contributed by atoms with Crippen molar-refractivity contribution < 1.29 is 18.0 Å². The molecule has 1 aliphatic rings. The molecule has 2 heterocycles. The Morgan fingerprint density at radius 2 is 1.88 bits per heavy atom. The summed E-state index contributed by atoms with van der Waals surface area (Å²) in [6, 6.07) is 8.27. The van der Waals surface area contributed by atoms with E-state index in [2.05, 4.69) is 17.2 Å². The molecule has 7 heteroatoms. The van der Waals surface area contributed by atoms with Gasteiger partial charge in [-0.05, 0) is 43.0 Å². The van der Waals surface area contributed by atoms with Gasteiger partial charge >= 0.3 is 6.18 Å². The molecule has 0 saturated carbocycles. The number of nitrogens with zero attached hydrogens (tertiary/aromatic N) is 2. The molecule has 1 aromatic carbocycles. The molecule has 0 radical (unpaired) electrons. The number of benzene rings is 1. The van der Waals surface area contributed by atoms with E-state index in [0.29, 0.717) is 24.6 Å². The van der Waals surface area contributed by atoms with Gasteiger partial charge in [0.05, 0.1) is 11.3 Å². The maximum absolute atomic E-state index is 13.1. The number of carbonyl (C=O) groups excluding carboxylic acids is 1. The minimum absolute atomic E-state index is 0.0936. The molecular weight excluding hydrogens is 343 g/mol. The van der Waals surface area contributed by atoms with E-state index in [1.54, 1.807) is 11.0 Å². The molecule has 1 amide bonds. The van der Waals surface area contributed by atoms with Crippen molar-refractivity contribution in [3.63, 3.8) is 0 Å². The lowest BCUT2D eigenvalue weighted by atomic mass is 9.99. The Bertz CT molecular complexity index is 784. The molecule has 0 bridgehead atoms. The second kappa shape index (κ2) is 7.35. The molecule has 2 aromatic rings. The van der Waals surface area contributed by atoms with Crippen molar-refractivity contribution >= 4 is 17.4 Å². The van der Waals surface area contributed by atoms with Gasteiger partial charge in [-0.25, -0.2) is 4.98 Å². The van der Waals surface area contributed by atoms with Crippen LogP contribution in [0.3, 0.4) is 0 Å². The number of carbonyl (C=O) groups is 1. The Labute approximate surface area is 150 Å². The predicted octanol–water partition coefficient (Wildman–Crippen LogP) is 4.72. The number of hydrogen-bond donors (Lipinski definition) is 1. The second-order valence-electron chi connectivity index (χ2n) is 6.57. The lowest BCUT2D eigenvalue weighted by Crippen LogP contribution is -2.37. The summed E-state index contributed by atoms with van der Waals surface area (Å²) in [6.45, 7) is 3.55. The van der Waals surface area contributed by atoms with Crippen LogP contribution in [0.1, 0.15) is 35.7 Å². The highest BCUT2D eigenvalue weighted by Crippen LogP contribution is 2.35. The number of piperidine rings is 1. The van der Waals surface area contributed by atoms with Crippen molar-refractivity contribution in [2.45, 2.75) is 25.9 Å². The summed E-state index contributed by atoms with van der Waals surface area (Å²) in [5.74, 6) is 0.692. The first-order valence-electron chi connectivity index (χ1n) is 8.53. The third-order valence-electron chi connectivity index (χ3n) is 4.57. The average Bonchev–Trinajstić information content (AvgIpc) is 2.61. The van der Waals surface area contributed by atoms with Crippen LogP contribution in [-0.2, 0) is 6.18 Å². The van der Waals surface area contributed by atoms with Gasteiger partial charge in [0, 0.05) is 24.8 Å². The van der Waals surface area contributed by atoms with Gasteiger partial charge in [0.15, 0.2) is 0 Å². The van der Waals surface area contributed by atoms with Gasteiger partial charge in [-0.2, -0.15) is 13.2 Å². The molecule has 0 spiro atoms. The predicted molar refractivity (Wildman–Crippen MR) is 93.3 cm³/mol. The zero-order chi connectivity index (χ0) is 18.7. The number of anilines is 2. The van der Waals surface area contributed by atoms with E-state index in [0.717, 1.165) is 18.9 Å². The summed E-state index contributed by atoms with van der Waals surface area (Å²) < 4.78 is 39.3. The standard InChI is InChI=1S/C19H20F3N3O/c1-13-7-10-25(11-8-13)18(26)14-6-9-23-17(12-14)24-16-5-3-2-4-15(16)19(20,21)22/h2-6,9,12-13H,7-8,10-11H2,1H3,(H,23,24). The lowest BCUT2D eigenvalue weighted by Gasteiger charge is -2.30. The average molecular weight is 363 g/mol. The second-order valence-corrected chi connectivity index (χ2v) is 6.57. The molecule has 0 aliphatic carbocycles. The Kier molecular flexibility index (Phi) is 5.15. The van der Waals surface area contributed by atoms with E-state index in [-0.39, 0.29) is 17.4 Å². The highest BCUT2D eigenvalue weighted by Gasteiger charge is 2.33. The number of alkyl halides is 3. The number of para-hydroxylation sites is 1. The van der Waals surface area contributed by atoms with E-state index in [9.17, 15) is 18.0 Å². The smallest absolute Gasteiger partial charge is 0.340 e. The monoisotopic (exact) mass is 363 g/mol. The van der Waals surface area contributed by atoms with E-state index < -0.39 is 11.7 Å². The highest BCUT2D eigenvalue weighted by molar-refractivity contribution is 5.95. The molecule has 0 unspecified atom stereocenters. The van der Waals surface area contributed by atoms with Gasteiger partial charge in [0.2, 0.25) is 0 Å². The summed E-state index contributed by atoms with van der Waals surface area (Å²) >= 11 is 0. The first-order valence-corrected chi connectivity index (χ1v) is 8.53. The fourth-order valence-corrected chi connectivity index (χ4v) is 3.00. The molecule has 1 aliphatic heterocycles. The third-order valence-corrected chi connectivity index (χ3v) is 4.57. The largest absolute Gasteiger partial charge is 0.418 e. The first kappa shape index (κ1) is 18.2. The summed E-state index contributed by atoms with van der Waals surface area (Å²) in [5.41, 5.74) is -0.450. The van der Waals surface area contributed by atoms with Crippen molar-refractivity contribution in [3.05, 3.63) is 53.7 Å². The van der Waals surface area contributed by atoms with Crippen LogP contribution < -0.4 is 5.32 Å². The van der Waals surface area contributed by atoms with Gasteiger partial charge in [0.25, 0.3) is 5.91 Å². The van der Waals surface area contributed by atoms with Gasteiger partial charge in [0.1, 0.15) is 5.82 Å². The molecule has 3 rings (SSSR count). The van der Waals surface area contributed by atoms with Crippen molar-refractivity contribution in [1.82, 2.24) is 9.88 Å². The molecule has 1 fully saturated rings. The molecular formula is C19H20F3N3O. The third kappa shape index (κ3) is 4.15. The van der Waals surface area contributed by atoms with Crippen molar-refractivity contribution in [1.29, 1.82) is 0 Å². The number of aromatic nitrogens is 1. The van der Waals surface area contributed by atoms with Crippen LogP contribution in [0, 0.1) is 5.92 Å². The van der Waals surface area contributed by atoms with Gasteiger partial charge in [-0.1, -0.05) is 19.1 Å². The van der Waals surface area contributed by atoms with Gasteiger partial charge in [-0.15, -0.1) is 0 Å². The molecule has 1 N–H and O–H groups in total. The maximum atomic E-state index is 13.1. The number of nitrogens with one attached hydrogen (secondary N) is 1. The van der Waals surface area contributed by atoms with Crippen LogP contribution in [0.5, 0.6) is 0 Å². The normalized spacial score (nSPS) is 15.8. The van der Waals surface area contributed by atoms with Gasteiger partial charge in [-0.3, -0.25) is 4.79 Å². The van der Waals surface area contributed by atoms with Crippen LogP contribution >= 0.6 is 0 Å². The molecule has 0 atom stereocenters. The van der Waals surface area contributed by atoms with Crippen LogP contribution in [0.4, 0.5) is 24.7 Å². The summed E-state index contributed by atoms with van der Waals surface area (Å²) in [4.78, 5) is 18.5. The lowest BCUT2D eigenvalue weighted by molar-refractivity contribution is -0.136. The summed E-state index contributed by atoms with van der Waals surface area (Å²) in [7, 11) is 0. The Morgan fingerprint density at radius 3 is 2.58 bits per heavy atom.